The minimum atomic E-state index is -0.471. The number of halogens is 1. The molecule has 22 heavy (non-hydrogen) atoms. The lowest BCUT2D eigenvalue weighted by molar-refractivity contribution is 0.545. The Bertz CT molecular complexity index is 757. The summed E-state index contributed by atoms with van der Waals surface area (Å²) in [6.07, 6.45) is 1.05. The fourth-order valence-corrected chi connectivity index (χ4v) is 4.61. The SMILES string of the molecule is S=C1NC(c2ccsc2)(c2cccc(Br)c2)C2=NCCCN12. The topological polar surface area (TPSA) is 27.6 Å². The Balaban J connectivity index is 1.98. The van der Waals surface area contributed by atoms with E-state index in [0.717, 1.165) is 40.5 Å². The largest absolute Gasteiger partial charge is 0.342 e. The van der Waals surface area contributed by atoms with Gasteiger partial charge in [0.25, 0.3) is 0 Å². The zero-order valence-corrected chi connectivity index (χ0v) is 15.0. The predicted molar refractivity (Wildman–Crippen MR) is 98.6 cm³/mol. The average Bonchev–Trinajstić information content (AvgIpc) is 3.15. The highest BCUT2D eigenvalue weighted by atomic mass is 79.9. The van der Waals surface area contributed by atoms with Gasteiger partial charge in [0.2, 0.25) is 0 Å². The summed E-state index contributed by atoms with van der Waals surface area (Å²) < 4.78 is 1.06. The van der Waals surface area contributed by atoms with Crippen LogP contribution in [0.4, 0.5) is 0 Å². The van der Waals surface area contributed by atoms with Crippen molar-refractivity contribution in [1.29, 1.82) is 0 Å². The number of nitrogens with zero attached hydrogens (tertiary/aromatic N) is 2. The number of aliphatic imine (C=N–C) groups is 1. The Morgan fingerprint density at radius 1 is 1.32 bits per heavy atom. The lowest BCUT2D eigenvalue weighted by Crippen LogP contribution is -2.46. The maximum atomic E-state index is 5.60. The molecule has 4 rings (SSSR count). The smallest absolute Gasteiger partial charge is 0.175 e. The van der Waals surface area contributed by atoms with Gasteiger partial charge in [0, 0.05) is 23.1 Å². The maximum absolute atomic E-state index is 5.60. The third kappa shape index (κ3) is 2.05. The zero-order chi connectivity index (χ0) is 15.2. The van der Waals surface area contributed by atoms with Crippen LogP contribution >= 0.6 is 39.5 Å². The molecule has 1 atom stereocenters. The Labute approximate surface area is 147 Å². The molecule has 3 heterocycles. The quantitative estimate of drug-likeness (QED) is 0.789. The Morgan fingerprint density at radius 3 is 3.00 bits per heavy atom. The van der Waals surface area contributed by atoms with Crippen molar-refractivity contribution < 1.29 is 0 Å². The monoisotopic (exact) mass is 391 g/mol. The molecule has 1 saturated heterocycles. The van der Waals surface area contributed by atoms with Gasteiger partial charge in [0.05, 0.1) is 0 Å². The van der Waals surface area contributed by atoms with Gasteiger partial charge in [0.1, 0.15) is 11.4 Å². The molecule has 1 unspecified atom stereocenters. The summed E-state index contributed by atoms with van der Waals surface area (Å²) in [6.45, 7) is 1.79. The van der Waals surface area contributed by atoms with Crippen molar-refractivity contribution in [2.24, 2.45) is 4.99 Å². The first kappa shape index (κ1) is 14.4. The van der Waals surface area contributed by atoms with E-state index in [2.05, 4.69) is 61.2 Å². The molecule has 6 heteroatoms. The number of hydrogen-bond donors (Lipinski definition) is 1. The molecule has 0 aliphatic carbocycles. The summed E-state index contributed by atoms with van der Waals surface area (Å²) in [7, 11) is 0. The second-order valence-corrected chi connectivity index (χ2v) is 7.50. The number of fused-ring (bicyclic) bond motifs is 1. The molecule has 0 spiro atoms. The highest BCUT2D eigenvalue weighted by Gasteiger charge is 2.50. The first-order chi connectivity index (χ1) is 10.7. The van der Waals surface area contributed by atoms with Crippen LogP contribution in [-0.4, -0.2) is 28.9 Å². The molecule has 0 saturated carbocycles. The Kier molecular flexibility index (Phi) is 3.55. The number of thiocarbonyl (C=S) groups is 1. The molecule has 0 radical (unpaired) electrons. The van der Waals surface area contributed by atoms with Crippen molar-refractivity contribution in [3.8, 4) is 0 Å². The summed E-state index contributed by atoms with van der Waals surface area (Å²) in [5.74, 6) is 1.03. The number of hydrogen-bond acceptors (Lipinski definition) is 3. The van der Waals surface area contributed by atoms with Crippen LogP contribution in [0.25, 0.3) is 0 Å². The van der Waals surface area contributed by atoms with Crippen molar-refractivity contribution in [1.82, 2.24) is 10.2 Å². The molecule has 1 N–H and O–H groups in total. The molecule has 3 nitrogen and oxygen atoms in total. The van der Waals surface area contributed by atoms with Crippen LogP contribution in [0.3, 0.4) is 0 Å². The van der Waals surface area contributed by atoms with Crippen molar-refractivity contribution in [2.75, 3.05) is 13.1 Å². The third-order valence-electron chi connectivity index (χ3n) is 4.14. The van der Waals surface area contributed by atoms with E-state index in [1.54, 1.807) is 11.3 Å². The van der Waals surface area contributed by atoms with Crippen molar-refractivity contribution >= 4 is 50.4 Å². The Hall–Kier alpha value is -1.24. The molecule has 1 fully saturated rings. The van der Waals surface area contributed by atoms with Gasteiger partial charge >= 0.3 is 0 Å². The molecule has 2 aliphatic heterocycles. The highest BCUT2D eigenvalue weighted by Crippen LogP contribution is 2.39. The number of benzene rings is 1. The molecular formula is C16H14BrN3S2. The number of rotatable bonds is 2. The summed E-state index contributed by atoms with van der Waals surface area (Å²) >= 11 is 10.9. The van der Waals surface area contributed by atoms with Crippen LogP contribution in [0.2, 0.25) is 0 Å². The zero-order valence-electron chi connectivity index (χ0n) is 11.8. The molecular weight excluding hydrogens is 378 g/mol. The minimum Gasteiger partial charge on any atom is -0.342 e. The first-order valence-electron chi connectivity index (χ1n) is 7.15. The van der Waals surface area contributed by atoms with E-state index >= 15 is 0 Å². The van der Waals surface area contributed by atoms with Crippen LogP contribution < -0.4 is 5.32 Å². The molecule has 1 aromatic heterocycles. The molecule has 2 aromatic rings. The lowest BCUT2D eigenvalue weighted by Gasteiger charge is -2.32. The molecule has 0 amide bonds. The minimum absolute atomic E-state index is 0.471. The van der Waals surface area contributed by atoms with Gasteiger partial charge in [-0.3, -0.25) is 4.99 Å². The van der Waals surface area contributed by atoms with E-state index in [-0.39, 0.29) is 0 Å². The summed E-state index contributed by atoms with van der Waals surface area (Å²) in [6, 6.07) is 10.5. The van der Waals surface area contributed by atoms with Gasteiger partial charge in [-0.1, -0.05) is 28.1 Å². The fraction of sp³-hybridized carbons (Fsp3) is 0.250. The molecule has 0 bridgehead atoms. The van der Waals surface area contributed by atoms with Gasteiger partial charge in [-0.15, -0.1) is 0 Å². The standard InChI is InChI=1S/C16H14BrN3S2/c17-13-4-1-3-11(9-13)16(12-5-8-22-10-12)14-18-6-2-7-20(14)15(21)19-16/h1,3-5,8-10H,2,6-7H2,(H,19,21). The Morgan fingerprint density at radius 2 is 2.23 bits per heavy atom. The van der Waals surface area contributed by atoms with Gasteiger partial charge in [-0.25, -0.2) is 0 Å². The van der Waals surface area contributed by atoms with Crippen molar-refractivity contribution in [3.05, 3.63) is 56.7 Å². The van der Waals surface area contributed by atoms with E-state index < -0.39 is 5.54 Å². The summed E-state index contributed by atoms with van der Waals surface area (Å²) in [5, 5.41) is 8.62. The molecule has 2 aliphatic rings. The summed E-state index contributed by atoms with van der Waals surface area (Å²) in [4.78, 5) is 6.99. The number of amidine groups is 1. The highest BCUT2D eigenvalue weighted by molar-refractivity contribution is 9.10. The third-order valence-corrected chi connectivity index (χ3v) is 5.64. The number of nitrogens with one attached hydrogen (secondary N) is 1. The van der Waals surface area contributed by atoms with Crippen LogP contribution in [0, 0.1) is 0 Å². The van der Waals surface area contributed by atoms with Gasteiger partial charge in [-0.05, 0) is 53.2 Å². The first-order valence-corrected chi connectivity index (χ1v) is 9.29. The van der Waals surface area contributed by atoms with Crippen LogP contribution in [0.1, 0.15) is 17.5 Å². The van der Waals surface area contributed by atoms with Gasteiger partial charge < -0.3 is 10.2 Å². The molecule has 112 valence electrons. The predicted octanol–water partition coefficient (Wildman–Crippen LogP) is 3.75. The maximum Gasteiger partial charge on any atom is 0.175 e. The number of thiophene rings is 1. The summed E-state index contributed by atoms with van der Waals surface area (Å²) in [5.41, 5.74) is 1.88. The second-order valence-electron chi connectivity index (χ2n) is 5.41. The van der Waals surface area contributed by atoms with Crippen LogP contribution in [0.15, 0.2) is 50.6 Å². The fourth-order valence-electron chi connectivity index (χ4n) is 3.18. The van der Waals surface area contributed by atoms with E-state index in [9.17, 15) is 0 Å². The van der Waals surface area contributed by atoms with Gasteiger partial charge in [-0.2, -0.15) is 11.3 Å². The van der Waals surface area contributed by atoms with E-state index in [1.807, 2.05) is 6.07 Å². The normalized spacial score (nSPS) is 24.0. The van der Waals surface area contributed by atoms with E-state index in [0.29, 0.717) is 0 Å². The van der Waals surface area contributed by atoms with Gasteiger partial charge in [0.15, 0.2) is 5.11 Å². The second kappa shape index (κ2) is 5.44. The van der Waals surface area contributed by atoms with Crippen molar-refractivity contribution in [2.45, 2.75) is 12.0 Å². The van der Waals surface area contributed by atoms with E-state index in [4.69, 9.17) is 17.2 Å². The van der Waals surface area contributed by atoms with Crippen molar-refractivity contribution in [3.63, 3.8) is 0 Å². The van der Waals surface area contributed by atoms with Crippen LogP contribution in [0.5, 0.6) is 0 Å². The van der Waals surface area contributed by atoms with E-state index in [1.165, 1.54) is 5.56 Å². The molecule has 1 aromatic carbocycles. The van der Waals surface area contributed by atoms with Crippen LogP contribution in [-0.2, 0) is 5.54 Å². The average molecular weight is 392 g/mol. The lowest BCUT2D eigenvalue weighted by atomic mass is 9.83.